The van der Waals surface area contributed by atoms with Crippen molar-refractivity contribution in [2.24, 2.45) is 20.7 Å². The molecule has 1 aromatic carbocycles. The minimum Gasteiger partial charge on any atom is -0.481 e. The Morgan fingerprint density at radius 2 is 1.94 bits per heavy atom. The number of carbonyl (C=O) groups excluding carboxylic acids is 2. The number of aliphatic carboxylic acids is 2. The molecule has 0 aliphatic carbocycles. The Morgan fingerprint density at radius 3 is 2.59 bits per heavy atom. The minimum absolute atomic E-state index is 0.0116. The Kier molecular flexibility index (Phi) is 6.77. The number of nitrogens with zero attached hydrogens (tertiary/aromatic N) is 3. The molecule has 0 aromatic heterocycles. The van der Waals surface area contributed by atoms with Crippen LogP contribution in [0.2, 0.25) is 0 Å². The van der Waals surface area contributed by atoms with Gasteiger partial charge in [-0.3, -0.25) is 29.7 Å². The van der Waals surface area contributed by atoms with Crippen molar-refractivity contribution in [1.29, 1.82) is 0 Å². The Morgan fingerprint density at radius 1 is 1.22 bits per heavy atom. The van der Waals surface area contributed by atoms with E-state index in [1.54, 1.807) is 12.1 Å². The summed E-state index contributed by atoms with van der Waals surface area (Å²) in [6.07, 6.45) is -0.600. The second-order valence-electron chi connectivity index (χ2n) is 6.99. The molecule has 32 heavy (non-hydrogen) atoms. The molecule has 1 unspecified atom stereocenters. The molecular weight excluding hydrogens is 422 g/mol. The first-order valence-corrected chi connectivity index (χ1v) is 9.57. The summed E-state index contributed by atoms with van der Waals surface area (Å²) in [5.74, 6) is -3.22. The van der Waals surface area contributed by atoms with Gasteiger partial charge in [-0.15, -0.1) is 0 Å². The standard InChI is InChI=1S/C19H21N7O6/c20-19-25-15-14(17(30)26-19)23-11(8-22-15)7-21-10-3-1-9(2-4-10)16(29)24-12(18(31)32)5-6-13(27)28/h1-4,12,14,21H,5-8H2,(H,24,29)(H,27,28)(H,31,32)(H3,20,22,25,26,30)/t12-,14?/m0/s1. The maximum atomic E-state index is 12.3. The second-order valence-corrected chi connectivity index (χ2v) is 6.99. The second kappa shape index (κ2) is 9.68. The van der Waals surface area contributed by atoms with E-state index in [0.29, 0.717) is 17.9 Å². The van der Waals surface area contributed by atoms with Crippen LogP contribution in [0, 0.1) is 0 Å². The number of fused-ring (bicyclic) bond motifs is 1. The van der Waals surface area contributed by atoms with Crippen molar-refractivity contribution in [3.05, 3.63) is 29.8 Å². The molecule has 13 heteroatoms. The van der Waals surface area contributed by atoms with Gasteiger partial charge in [0, 0.05) is 17.7 Å². The number of carbonyl (C=O) groups is 4. The van der Waals surface area contributed by atoms with Gasteiger partial charge in [0.05, 0.1) is 18.8 Å². The number of anilines is 1. The van der Waals surface area contributed by atoms with Crippen LogP contribution >= 0.6 is 0 Å². The van der Waals surface area contributed by atoms with Crippen LogP contribution in [-0.2, 0) is 14.4 Å². The molecule has 0 saturated carbocycles. The summed E-state index contributed by atoms with van der Waals surface area (Å²) in [5.41, 5.74) is 7.01. The SMILES string of the molecule is NC1=NC2=NCC(CNc3ccc(C(=O)N[C@@H](CCC(=O)O)C(=O)O)cc3)=NC2C(=O)N1. The van der Waals surface area contributed by atoms with Crippen LogP contribution in [0.3, 0.4) is 0 Å². The fourth-order valence-electron chi connectivity index (χ4n) is 2.97. The maximum Gasteiger partial charge on any atom is 0.326 e. The fourth-order valence-corrected chi connectivity index (χ4v) is 2.97. The molecule has 0 bridgehead atoms. The minimum atomic E-state index is -1.31. The number of hydrogen-bond donors (Lipinski definition) is 6. The van der Waals surface area contributed by atoms with Crippen molar-refractivity contribution in [2.45, 2.75) is 24.9 Å². The number of hydrogen-bond acceptors (Lipinski definition) is 9. The lowest BCUT2D eigenvalue weighted by atomic mass is 10.1. The Hall–Kier alpha value is -4.29. The van der Waals surface area contributed by atoms with E-state index in [-0.39, 0.29) is 36.7 Å². The number of carboxylic acids is 2. The highest BCUT2D eigenvalue weighted by molar-refractivity contribution is 6.21. The average Bonchev–Trinajstić information content (AvgIpc) is 2.75. The highest BCUT2D eigenvalue weighted by atomic mass is 16.4. The average molecular weight is 443 g/mol. The molecule has 0 spiro atoms. The third-order valence-electron chi connectivity index (χ3n) is 4.61. The Bertz CT molecular complexity index is 1030. The monoisotopic (exact) mass is 443 g/mol. The number of aliphatic imine (C=N–C) groups is 3. The van der Waals surface area contributed by atoms with E-state index >= 15 is 0 Å². The molecule has 0 saturated heterocycles. The number of amidine groups is 1. The van der Waals surface area contributed by atoms with E-state index < -0.39 is 35.8 Å². The number of nitrogens with one attached hydrogen (secondary N) is 3. The topological polar surface area (TPSA) is 208 Å². The van der Waals surface area contributed by atoms with E-state index in [4.69, 9.17) is 15.9 Å². The van der Waals surface area contributed by atoms with Gasteiger partial charge < -0.3 is 26.6 Å². The maximum absolute atomic E-state index is 12.3. The quantitative estimate of drug-likeness (QED) is 0.273. The van der Waals surface area contributed by atoms with Crippen LogP contribution in [-0.4, -0.2) is 76.6 Å². The zero-order valence-electron chi connectivity index (χ0n) is 16.7. The van der Waals surface area contributed by atoms with Crippen molar-refractivity contribution in [3.63, 3.8) is 0 Å². The van der Waals surface area contributed by atoms with Gasteiger partial charge in [0.25, 0.3) is 11.8 Å². The van der Waals surface area contributed by atoms with Gasteiger partial charge >= 0.3 is 11.9 Å². The zero-order chi connectivity index (χ0) is 23.3. The number of amides is 2. The fraction of sp³-hybridized carbons (Fsp3) is 0.316. The van der Waals surface area contributed by atoms with Crippen LogP contribution < -0.4 is 21.7 Å². The summed E-state index contributed by atoms with van der Waals surface area (Å²) in [4.78, 5) is 58.6. The molecule has 3 rings (SSSR count). The molecule has 2 amide bonds. The molecule has 0 radical (unpaired) electrons. The van der Waals surface area contributed by atoms with Crippen molar-refractivity contribution < 1.29 is 29.4 Å². The highest BCUT2D eigenvalue weighted by Gasteiger charge is 2.31. The lowest BCUT2D eigenvalue weighted by Gasteiger charge is -2.22. The first-order valence-electron chi connectivity index (χ1n) is 9.57. The molecule has 168 valence electrons. The van der Waals surface area contributed by atoms with Gasteiger partial charge in [-0.1, -0.05) is 0 Å². The van der Waals surface area contributed by atoms with Crippen molar-refractivity contribution in [3.8, 4) is 0 Å². The van der Waals surface area contributed by atoms with E-state index in [1.807, 2.05) is 0 Å². The summed E-state index contributed by atoms with van der Waals surface area (Å²) >= 11 is 0. The zero-order valence-corrected chi connectivity index (χ0v) is 16.7. The van der Waals surface area contributed by atoms with E-state index in [2.05, 4.69) is 30.9 Å². The largest absolute Gasteiger partial charge is 0.481 e. The molecule has 1 aromatic rings. The molecule has 13 nitrogen and oxygen atoms in total. The molecule has 7 N–H and O–H groups in total. The Labute approximate surface area is 181 Å². The molecule has 2 aliphatic rings. The third kappa shape index (κ3) is 5.65. The van der Waals surface area contributed by atoms with Crippen molar-refractivity contribution in [2.75, 3.05) is 18.4 Å². The van der Waals surface area contributed by atoms with Gasteiger partial charge in [0.2, 0.25) is 5.96 Å². The van der Waals surface area contributed by atoms with Gasteiger partial charge in [-0.25, -0.2) is 4.79 Å². The molecule has 2 heterocycles. The van der Waals surface area contributed by atoms with Gasteiger partial charge in [-0.05, 0) is 30.7 Å². The van der Waals surface area contributed by atoms with E-state index in [0.717, 1.165) is 0 Å². The van der Waals surface area contributed by atoms with Crippen LogP contribution in [0.5, 0.6) is 0 Å². The van der Waals surface area contributed by atoms with Gasteiger partial charge in [0.15, 0.2) is 11.9 Å². The van der Waals surface area contributed by atoms with E-state index in [9.17, 15) is 19.2 Å². The number of carboxylic acid groups (broad SMARTS) is 2. The van der Waals surface area contributed by atoms with Crippen molar-refractivity contribution >= 4 is 46.9 Å². The summed E-state index contributed by atoms with van der Waals surface area (Å²) in [6, 6.07) is 4.11. The molecular formula is C19H21N7O6. The lowest BCUT2D eigenvalue weighted by molar-refractivity contribution is -0.140. The Balaban J connectivity index is 1.55. The van der Waals surface area contributed by atoms with Crippen LogP contribution in [0.4, 0.5) is 5.69 Å². The smallest absolute Gasteiger partial charge is 0.326 e. The predicted molar refractivity (Wildman–Crippen MR) is 114 cm³/mol. The molecule has 0 fully saturated rings. The van der Waals surface area contributed by atoms with Gasteiger partial charge in [-0.2, -0.15) is 4.99 Å². The lowest BCUT2D eigenvalue weighted by Crippen LogP contribution is -2.51. The van der Waals surface area contributed by atoms with Gasteiger partial charge in [0.1, 0.15) is 6.04 Å². The summed E-state index contributed by atoms with van der Waals surface area (Å²) in [7, 11) is 0. The predicted octanol–water partition coefficient (Wildman–Crippen LogP) is -1.19. The number of guanidine groups is 1. The number of benzene rings is 1. The third-order valence-corrected chi connectivity index (χ3v) is 4.61. The van der Waals surface area contributed by atoms with Crippen LogP contribution in [0.1, 0.15) is 23.2 Å². The summed E-state index contributed by atoms with van der Waals surface area (Å²) < 4.78 is 0. The van der Waals surface area contributed by atoms with E-state index in [1.165, 1.54) is 12.1 Å². The van der Waals surface area contributed by atoms with Crippen LogP contribution in [0.15, 0.2) is 39.2 Å². The first-order chi connectivity index (χ1) is 15.2. The van der Waals surface area contributed by atoms with Crippen molar-refractivity contribution in [1.82, 2.24) is 10.6 Å². The summed E-state index contributed by atoms with van der Waals surface area (Å²) in [5, 5.41) is 25.7. The number of rotatable bonds is 9. The first kappa shape index (κ1) is 22.4. The van der Waals surface area contributed by atoms with Crippen LogP contribution in [0.25, 0.3) is 0 Å². The number of nitrogens with two attached hydrogens (primary N) is 1. The summed E-state index contributed by atoms with van der Waals surface area (Å²) in [6.45, 7) is 0.567. The molecule has 2 aliphatic heterocycles. The highest BCUT2D eigenvalue weighted by Crippen LogP contribution is 2.12. The normalized spacial score (nSPS) is 18.2. The molecule has 2 atom stereocenters.